The molecule has 0 aromatic heterocycles. The van der Waals surface area contributed by atoms with Crippen molar-refractivity contribution in [2.75, 3.05) is 13.2 Å². The van der Waals surface area contributed by atoms with Crippen molar-refractivity contribution in [1.82, 2.24) is 5.32 Å². The molecule has 0 aliphatic heterocycles. The first kappa shape index (κ1) is 24.8. The molecule has 6 heteroatoms. The molecule has 1 amide bonds. The summed E-state index contributed by atoms with van der Waals surface area (Å²) < 4.78 is 5.70. The van der Waals surface area contributed by atoms with Gasteiger partial charge in [-0.3, -0.25) is 9.59 Å². The van der Waals surface area contributed by atoms with Crippen LogP contribution in [0.2, 0.25) is 0 Å². The van der Waals surface area contributed by atoms with Crippen molar-refractivity contribution in [2.45, 2.75) is 32.6 Å². The number of phenols is 1. The lowest BCUT2D eigenvalue weighted by Gasteiger charge is -2.13. The normalized spacial score (nSPS) is 11.6. The molecule has 0 bridgehead atoms. The topological polar surface area (TPSA) is 95.9 Å². The van der Waals surface area contributed by atoms with Gasteiger partial charge < -0.3 is 20.3 Å². The number of hydrogen-bond donors (Lipinski definition) is 3. The predicted molar refractivity (Wildman–Crippen MR) is 132 cm³/mol. The molecule has 1 atom stereocenters. The fourth-order valence-electron chi connectivity index (χ4n) is 3.72. The number of amides is 1. The highest BCUT2D eigenvalue weighted by Crippen LogP contribution is 2.28. The van der Waals surface area contributed by atoms with Crippen LogP contribution < -0.4 is 10.1 Å². The molecule has 3 N–H and O–H groups in total. The molecule has 3 rings (SSSR count). The van der Waals surface area contributed by atoms with Crippen molar-refractivity contribution in [1.29, 1.82) is 0 Å². The number of ether oxygens (including phenoxy) is 1. The summed E-state index contributed by atoms with van der Waals surface area (Å²) >= 11 is 0. The number of carboxylic acid groups (broad SMARTS) is 1. The summed E-state index contributed by atoms with van der Waals surface area (Å²) in [5.41, 5.74) is 3.05. The van der Waals surface area contributed by atoms with Gasteiger partial charge >= 0.3 is 5.97 Å². The number of rotatable bonds is 12. The first-order chi connectivity index (χ1) is 16.5. The molecule has 0 saturated carbocycles. The van der Waals surface area contributed by atoms with E-state index in [1.165, 1.54) is 0 Å². The summed E-state index contributed by atoms with van der Waals surface area (Å²) in [6.07, 6.45) is 3.08. The fourth-order valence-corrected chi connectivity index (χ4v) is 3.72. The van der Waals surface area contributed by atoms with Crippen LogP contribution in [-0.4, -0.2) is 35.2 Å². The SMILES string of the molecule is CCCCC(Cc1ccc(OCCNC(=O)c2ccc(-c3ccccc3O)cc2)cc1)C(=O)O. The minimum Gasteiger partial charge on any atom is -0.507 e. The molecule has 0 radical (unpaired) electrons. The summed E-state index contributed by atoms with van der Waals surface area (Å²) in [6, 6.07) is 21.6. The lowest BCUT2D eigenvalue weighted by atomic mass is 9.94. The van der Waals surface area contributed by atoms with E-state index in [0.717, 1.165) is 24.0 Å². The third kappa shape index (κ3) is 7.10. The highest BCUT2D eigenvalue weighted by atomic mass is 16.5. The van der Waals surface area contributed by atoms with Crippen LogP contribution in [-0.2, 0) is 11.2 Å². The van der Waals surface area contributed by atoms with E-state index in [-0.39, 0.29) is 17.6 Å². The zero-order valence-corrected chi connectivity index (χ0v) is 19.4. The molecule has 178 valence electrons. The summed E-state index contributed by atoms with van der Waals surface area (Å²) in [7, 11) is 0. The monoisotopic (exact) mass is 461 g/mol. The van der Waals surface area contributed by atoms with E-state index < -0.39 is 5.97 Å². The number of unbranched alkanes of at least 4 members (excludes halogenated alkanes) is 1. The molecule has 0 fully saturated rings. The van der Waals surface area contributed by atoms with Gasteiger partial charge in [-0.2, -0.15) is 0 Å². The van der Waals surface area contributed by atoms with Crippen molar-refractivity contribution in [3.63, 3.8) is 0 Å². The fraction of sp³-hybridized carbons (Fsp3) is 0.286. The first-order valence-electron chi connectivity index (χ1n) is 11.6. The van der Waals surface area contributed by atoms with E-state index in [0.29, 0.717) is 42.9 Å². The molecule has 6 nitrogen and oxygen atoms in total. The van der Waals surface area contributed by atoms with Crippen molar-refractivity contribution in [3.05, 3.63) is 83.9 Å². The Hall–Kier alpha value is -3.80. The van der Waals surface area contributed by atoms with Crippen LogP contribution in [0.25, 0.3) is 11.1 Å². The Morgan fingerprint density at radius 2 is 1.68 bits per heavy atom. The van der Waals surface area contributed by atoms with E-state index in [4.69, 9.17) is 4.74 Å². The zero-order valence-electron chi connectivity index (χ0n) is 19.4. The predicted octanol–water partition coefficient (Wildman–Crippen LogP) is 5.30. The maximum Gasteiger partial charge on any atom is 0.306 e. The van der Waals surface area contributed by atoms with Gasteiger partial charge in [0.1, 0.15) is 18.1 Å². The van der Waals surface area contributed by atoms with Crippen LogP contribution >= 0.6 is 0 Å². The van der Waals surface area contributed by atoms with Crippen molar-refractivity contribution in [2.24, 2.45) is 5.92 Å². The second kappa shape index (κ2) is 12.4. The summed E-state index contributed by atoms with van der Waals surface area (Å²) in [5.74, 6) is -0.449. The van der Waals surface area contributed by atoms with Gasteiger partial charge in [-0.1, -0.05) is 62.2 Å². The van der Waals surface area contributed by atoms with Crippen LogP contribution in [0.3, 0.4) is 0 Å². The Morgan fingerprint density at radius 3 is 2.32 bits per heavy atom. The number of phenolic OH excluding ortho intramolecular Hbond substituents is 1. The third-order valence-electron chi connectivity index (χ3n) is 5.68. The Kier molecular flexibility index (Phi) is 9.09. The quantitative estimate of drug-likeness (QED) is 0.318. The average molecular weight is 462 g/mol. The molecular formula is C28H31NO5. The number of aromatic hydroxyl groups is 1. The van der Waals surface area contributed by atoms with E-state index >= 15 is 0 Å². The third-order valence-corrected chi connectivity index (χ3v) is 5.68. The standard InChI is InChI=1S/C28H31NO5/c1-2-3-6-23(28(32)33)19-20-9-15-24(16-10-20)34-18-17-29-27(31)22-13-11-21(12-14-22)25-7-4-5-8-26(25)30/h4-5,7-16,23,30H,2-3,6,17-19H2,1H3,(H,29,31)(H,32,33). The van der Waals surface area contributed by atoms with Gasteiger partial charge in [-0.25, -0.2) is 0 Å². The second-order valence-electron chi connectivity index (χ2n) is 8.22. The summed E-state index contributed by atoms with van der Waals surface area (Å²) in [6.45, 7) is 2.72. The van der Waals surface area contributed by atoms with Crippen LogP contribution in [0.4, 0.5) is 0 Å². The van der Waals surface area contributed by atoms with Gasteiger partial charge in [0.25, 0.3) is 5.91 Å². The number of aliphatic carboxylic acids is 1. The molecule has 34 heavy (non-hydrogen) atoms. The maximum absolute atomic E-state index is 12.4. The first-order valence-corrected chi connectivity index (χ1v) is 11.6. The molecule has 0 saturated heterocycles. The number of carboxylic acids is 1. The number of benzene rings is 3. The molecule has 0 spiro atoms. The van der Waals surface area contributed by atoms with Crippen LogP contribution in [0, 0.1) is 5.92 Å². The van der Waals surface area contributed by atoms with Crippen molar-refractivity contribution >= 4 is 11.9 Å². The molecule has 0 aliphatic rings. The molecule has 0 heterocycles. The van der Waals surface area contributed by atoms with Crippen LogP contribution in [0.1, 0.15) is 42.1 Å². The average Bonchev–Trinajstić information content (AvgIpc) is 2.85. The van der Waals surface area contributed by atoms with Gasteiger partial charge in [0, 0.05) is 11.1 Å². The Labute approximate surface area is 200 Å². The molecule has 3 aromatic rings. The van der Waals surface area contributed by atoms with Crippen molar-refractivity contribution < 1.29 is 24.5 Å². The van der Waals surface area contributed by atoms with Gasteiger partial charge in [0.2, 0.25) is 0 Å². The highest BCUT2D eigenvalue weighted by Gasteiger charge is 2.17. The van der Waals surface area contributed by atoms with Gasteiger partial charge in [0.05, 0.1) is 12.5 Å². The molecule has 0 aliphatic carbocycles. The Bertz CT molecular complexity index is 1080. The molecule has 3 aromatic carbocycles. The van der Waals surface area contributed by atoms with E-state index in [9.17, 15) is 19.8 Å². The maximum atomic E-state index is 12.4. The smallest absolute Gasteiger partial charge is 0.306 e. The number of carbonyl (C=O) groups excluding carboxylic acids is 1. The lowest BCUT2D eigenvalue weighted by Crippen LogP contribution is -2.28. The van der Waals surface area contributed by atoms with E-state index in [1.807, 2.05) is 36.4 Å². The second-order valence-corrected chi connectivity index (χ2v) is 8.22. The number of carbonyl (C=O) groups is 2. The van der Waals surface area contributed by atoms with Gasteiger partial charge in [0.15, 0.2) is 0 Å². The minimum atomic E-state index is -0.752. The van der Waals surface area contributed by atoms with Gasteiger partial charge in [-0.15, -0.1) is 0 Å². The van der Waals surface area contributed by atoms with Crippen molar-refractivity contribution in [3.8, 4) is 22.6 Å². The van der Waals surface area contributed by atoms with Crippen LogP contribution in [0.15, 0.2) is 72.8 Å². The zero-order chi connectivity index (χ0) is 24.3. The largest absolute Gasteiger partial charge is 0.507 e. The number of para-hydroxylation sites is 1. The minimum absolute atomic E-state index is 0.197. The Morgan fingerprint density at radius 1 is 0.971 bits per heavy atom. The highest BCUT2D eigenvalue weighted by molar-refractivity contribution is 5.94. The Balaban J connectivity index is 1.44. The number of hydrogen-bond acceptors (Lipinski definition) is 4. The summed E-state index contributed by atoms with van der Waals surface area (Å²) in [5, 5.41) is 22.2. The number of nitrogens with one attached hydrogen (secondary N) is 1. The molecule has 1 unspecified atom stereocenters. The van der Waals surface area contributed by atoms with Crippen LogP contribution in [0.5, 0.6) is 11.5 Å². The van der Waals surface area contributed by atoms with Gasteiger partial charge in [-0.05, 0) is 54.3 Å². The lowest BCUT2D eigenvalue weighted by molar-refractivity contribution is -0.142. The summed E-state index contributed by atoms with van der Waals surface area (Å²) in [4.78, 5) is 23.8. The van der Waals surface area contributed by atoms with E-state index in [2.05, 4.69) is 12.2 Å². The molecular weight excluding hydrogens is 430 g/mol. The van der Waals surface area contributed by atoms with E-state index in [1.54, 1.807) is 36.4 Å².